The van der Waals surface area contributed by atoms with Crippen LogP contribution in [-0.4, -0.2) is 40.2 Å². The van der Waals surface area contributed by atoms with Crippen LogP contribution in [0.25, 0.3) is 0 Å². The van der Waals surface area contributed by atoms with Crippen LogP contribution >= 0.6 is 12.4 Å². The van der Waals surface area contributed by atoms with Crippen molar-refractivity contribution in [3.05, 3.63) is 11.7 Å². The number of rotatable bonds is 4. The molecule has 6 heteroatoms. The number of hydrogen-bond donors (Lipinski definition) is 1. The standard InChI is InChI=1S/C14H22N4O.ClH/c1-18(12-6-10-4-5-11(7-12)15-10)8-13-16-14(17-19-13)9-2-3-9;/h9-12,15H,2-8H2,1H3;1H. The molecule has 2 atom stereocenters. The summed E-state index contributed by atoms with van der Waals surface area (Å²) >= 11 is 0. The molecule has 3 fully saturated rings. The second-order valence-corrected chi connectivity index (χ2v) is 6.50. The van der Waals surface area contributed by atoms with Crippen molar-refractivity contribution in [2.24, 2.45) is 0 Å². The monoisotopic (exact) mass is 298 g/mol. The first-order valence-corrected chi connectivity index (χ1v) is 7.56. The lowest BCUT2D eigenvalue weighted by Crippen LogP contribution is -2.46. The van der Waals surface area contributed by atoms with E-state index in [4.69, 9.17) is 4.52 Å². The first-order valence-electron chi connectivity index (χ1n) is 7.56. The maximum Gasteiger partial charge on any atom is 0.240 e. The highest BCUT2D eigenvalue weighted by molar-refractivity contribution is 5.85. The van der Waals surface area contributed by atoms with Gasteiger partial charge in [0.15, 0.2) is 5.82 Å². The molecule has 1 N–H and O–H groups in total. The lowest BCUT2D eigenvalue weighted by Gasteiger charge is -2.34. The SMILES string of the molecule is CN(Cc1nc(C2CC2)no1)C1CC2CCC(C1)N2.Cl. The van der Waals surface area contributed by atoms with E-state index in [1.807, 2.05) is 0 Å². The molecule has 2 aliphatic heterocycles. The molecule has 1 aromatic heterocycles. The highest BCUT2D eigenvalue weighted by Crippen LogP contribution is 2.38. The third kappa shape index (κ3) is 2.85. The molecule has 112 valence electrons. The average Bonchev–Trinajstić information content (AvgIpc) is 3.08. The normalized spacial score (nSPS) is 32.4. The van der Waals surface area contributed by atoms with Crippen molar-refractivity contribution in [1.82, 2.24) is 20.4 Å². The van der Waals surface area contributed by atoms with Crippen LogP contribution in [0.1, 0.15) is 56.2 Å². The predicted molar refractivity (Wildman–Crippen MR) is 78.0 cm³/mol. The minimum atomic E-state index is 0. The minimum Gasteiger partial charge on any atom is -0.338 e. The number of aromatic nitrogens is 2. The molecule has 0 aromatic carbocycles. The number of nitrogens with zero attached hydrogens (tertiary/aromatic N) is 3. The zero-order valence-electron chi connectivity index (χ0n) is 11.9. The zero-order chi connectivity index (χ0) is 12.8. The molecule has 0 spiro atoms. The first-order chi connectivity index (χ1) is 9.28. The largest absolute Gasteiger partial charge is 0.338 e. The number of fused-ring (bicyclic) bond motifs is 2. The van der Waals surface area contributed by atoms with Crippen molar-refractivity contribution in [3.8, 4) is 0 Å². The molecule has 0 radical (unpaired) electrons. The van der Waals surface area contributed by atoms with E-state index < -0.39 is 0 Å². The second kappa shape index (κ2) is 5.62. The van der Waals surface area contributed by atoms with Crippen LogP contribution in [0.4, 0.5) is 0 Å². The summed E-state index contributed by atoms with van der Waals surface area (Å²) in [4.78, 5) is 6.92. The molecule has 1 aliphatic carbocycles. The van der Waals surface area contributed by atoms with Gasteiger partial charge in [-0.15, -0.1) is 12.4 Å². The van der Waals surface area contributed by atoms with Gasteiger partial charge in [0.1, 0.15) is 0 Å². The fraction of sp³-hybridized carbons (Fsp3) is 0.857. The maximum absolute atomic E-state index is 5.38. The fourth-order valence-electron chi connectivity index (χ4n) is 3.57. The Labute approximate surface area is 125 Å². The summed E-state index contributed by atoms with van der Waals surface area (Å²) in [6.45, 7) is 0.795. The molecule has 3 heterocycles. The number of halogens is 1. The van der Waals surface area contributed by atoms with Crippen LogP contribution in [0, 0.1) is 0 Å². The van der Waals surface area contributed by atoms with Gasteiger partial charge < -0.3 is 9.84 Å². The fourth-order valence-corrected chi connectivity index (χ4v) is 3.57. The van der Waals surface area contributed by atoms with Crippen LogP contribution in [0.15, 0.2) is 4.52 Å². The van der Waals surface area contributed by atoms with Gasteiger partial charge >= 0.3 is 0 Å². The van der Waals surface area contributed by atoms with E-state index in [9.17, 15) is 0 Å². The van der Waals surface area contributed by atoms with E-state index in [1.54, 1.807) is 0 Å². The number of nitrogens with one attached hydrogen (secondary N) is 1. The first kappa shape index (κ1) is 14.3. The van der Waals surface area contributed by atoms with Crippen molar-refractivity contribution in [2.75, 3.05) is 7.05 Å². The molecule has 2 bridgehead atoms. The summed E-state index contributed by atoms with van der Waals surface area (Å²) < 4.78 is 5.38. The molecule has 2 saturated heterocycles. The Kier molecular flexibility index (Phi) is 4.02. The molecular weight excluding hydrogens is 276 g/mol. The number of piperidine rings is 1. The Balaban J connectivity index is 0.00000121. The van der Waals surface area contributed by atoms with Gasteiger partial charge in [0.25, 0.3) is 0 Å². The summed E-state index contributed by atoms with van der Waals surface area (Å²) in [7, 11) is 2.19. The Bertz CT molecular complexity index is 450. The molecule has 4 rings (SSSR count). The topological polar surface area (TPSA) is 54.2 Å². The smallest absolute Gasteiger partial charge is 0.240 e. The van der Waals surface area contributed by atoms with Gasteiger partial charge in [-0.05, 0) is 45.6 Å². The molecular formula is C14H23ClN4O. The van der Waals surface area contributed by atoms with E-state index in [0.29, 0.717) is 12.0 Å². The number of hydrogen-bond acceptors (Lipinski definition) is 5. The summed E-state index contributed by atoms with van der Waals surface area (Å²) in [5, 5.41) is 7.78. The van der Waals surface area contributed by atoms with Crippen molar-refractivity contribution < 1.29 is 4.52 Å². The molecule has 3 aliphatic rings. The van der Waals surface area contributed by atoms with E-state index in [1.165, 1.54) is 38.5 Å². The maximum atomic E-state index is 5.38. The van der Waals surface area contributed by atoms with E-state index in [2.05, 4.69) is 27.4 Å². The Morgan fingerprint density at radius 1 is 1.20 bits per heavy atom. The molecule has 1 saturated carbocycles. The summed E-state index contributed by atoms with van der Waals surface area (Å²) in [5.41, 5.74) is 0. The third-order valence-electron chi connectivity index (χ3n) is 4.88. The van der Waals surface area contributed by atoms with Gasteiger partial charge in [-0.25, -0.2) is 0 Å². The minimum absolute atomic E-state index is 0. The van der Waals surface area contributed by atoms with Gasteiger partial charge in [0.05, 0.1) is 6.54 Å². The second-order valence-electron chi connectivity index (χ2n) is 6.50. The van der Waals surface area contributed by atoms with Gasteiger partial charge in [-0.3, -0.25) is 4.90 Å². The van der Waals surface area contributed by atoms with E-state index in [-0.39, 0.29) is 12.4 Å². The van der Waals surface area contributed by atoms with Crippen molar-refractivity contribution in [3.63, 3.8) is 0 Å². The molecule has 1 aromatic rings. The van der Waals surface area contributed by atoms with Crippen LogP contribution in [-0.2, 0) is 6.54 Å². The summed E-state index contributed by atoms with van der Waals surface area (Å²) in [6.07, 6.45) is 7.68. The van der Waals surface area contributed by atoms with Gasteiger partial charge in [0, 0.05) is 24.0 Å². The Morgan fingerprint density at radius 2 is 1.90 bits per heavy atom. The zero-order valence-corrected chi connectivity index (χ0v) is 12.7. The quantitative estimate of drug-likeness (QED) is 0.922. The lowest BCUT2D eigenvalue weighted by atomic mass is 9.98. The van der Waals surface area contributed by atoms with Crippen LogP contribution in [0.5, 0.6) is 0 Å². The van der Waals surface area contributed by atoms with Gasteiger partial charge in [0.2, 0.25) is 5.89 Å². The van der Waals surface area contributed by atoms with Gasteiger partial charge in [-0.2, -0.15) is 4.98 Å². The predicted octanol–water partition coefficient (Wildman–Crippen LogP) is 2.08. The average molecular weight is 299 g/mol. The summed E-state index contributed by atoms with van der Waals surface area (Å²) in [6, 6.07) is 2.13. The van der Waals surface area contributed by atoms with Crippen LogP contribution < -0.4 is 5.32 Å². The molecule has 2 unspecified atom stereocenters. The molecule has 0 amide bonds. The van der Waals surface area contributed by atoms with Crippen LogP contribution in [0.2, 0.25) is 0 Å². The highest BCUT2D eigenvalue weighted by Gasteiger charge is 2.35. The Hall–Kier alpha value is -0.650. The molecule has 5 nitrogen and oxygen atoms in total. The van der Waals surface area contributed by atoms with E-state index in [0.717, 1.165) is 30.3 Å². The van der Waals surface area contributed by atoms with Crippen molar-refractivity contribution in [2.45, 2.75) is 69.1 Å². The summed E-state index contributed by atoms with van der Waals surface area (Å²) in [5.74, 6) is 2.29. The lowest BCUT2D eigenvalue weighted by molar-refractivity contribution is 0.150. The van der Waals surface area contributed by atoms with Crippen molar-refractivity contribution >= 4 is 12.4 Å². The molecule has 20 heavy (non-hydrogen) atoms. The highest BCUT2D eigenvalue weighted by atomic mass is 35.5. The third-order valence-corrected chi connectivity index (χ3v) is 4.88. The van der Waals surface area contributed by atoms with E-state index >= 15 is 0 Å². The van der Waals surface area contributed by atoms with Gasteiger partial charge in [-0.1, -0.05) is 5.16 Å². The Morgan fingerprint density at radius 3 is 2.55 bits per heavy atom. The van der Waals surface area contributed by atoms with Crippen molar-refractivity contribution in [1.29, 1.82) is 0 Å². The van der Waals surface area contributed by atoms with Crippen LogP contribution in [0.3, 0.4) is 0 Å².